The molecule has 0 rings (SSSR count). The van der Waals surface area contributed by atoms with Gasteiger partial charge in [0.2, 0.25) is 0 Å². The lowest BCUT2D eigenvalue weighted by Crippen LogP contribution is -2.62. The maximum Gasteiger partial charge on any atom is 0.342 e. The summed E-state index contributed by atoms with van der Waals surface area (Å²) in [5, 5.41) is 11.1. The molecule has 1 N–H and O–H groups in total. The Morgan fingerprint density at radius 2 is 1.05 bits per heavy atom. The summed E-state index contributed by atoms with van der Waals surface area (Å²) >= 11 is 0. The molecule has 0 amide bonds. The first-order valence-corrected chi connectivity index (χ1v) is 40.8. The molecule has 9 nitrogen and oxygen atoms in total. The molecular formula is C24H66O9Si10. The molecule has 0 heterocycles. The van der Waals surface area contributed by atoms with Crippen molar-refractivity contribution in [3.8, 4) is 0 Å². The largest absolute Gasteiger partial charge is 0.478 e. The van der Waals surface area contributed by atoms with Crippen molar-refractivity contribution in [2.45, 2.75) is 136 Å². The smallest absolute Gasteiger partial charge is 0.342 e. The fourth-order valence-corrected chi connectivity index (χ4v) is 33.8. The third-order valence-corrected chi connectivity index (χ3v) is 38.2. The molecule has 43 heavy (non-hydrogen) atoms. The monoisotopic (exact) mass is 778 g/mol. The highest BCUT2D eigenvalue weighted by Gasteiger charge is 2.60. The molecule has 3 unspecified atom stereocenters. The van der Waals surface area contributed by atoms with Gasteiger partial charge in [0.05, 0.1) is 4.66 Å². The standard InChI is InChI=1S/C24H66O9Si10/c1-19-20-24(34-27-37(2,3)4,43(18,33-41(14,15)16)31-36-29-39(8,9)10)22(23(25)26)21-42(17,32-40(11,12)13)30-35-28-38(5,6)7/h21H,19-20,34-36H2,1-18H3,(H,25,26). The van der Waals surface area contributed by atoms with Crippen molar-refractivity contribution in [2.75, 3.05) is 0 Å². The van der Waals surface area contributed by atoms with Crippen LogP contribution in [0, 0.1) is 0 Å². The predicted octanol–water partition coefficient (Wildman–Crippen LogP) is 5.55. The van der Waals surface area contributed by atoms with E-state index >= 15 is 0 Å². The summed E-state index contributed by atoms with van der Waals surface area (Å²) in [6.45, 7) is 38.4. The van der Waals surface area contributed by atoms with Crippen molar-refractivity contribution in [2.24, 2.45) is 0 Å². The zero-order chi connectivity index (χ0) is 34.3. The van der Waals surface area contributed by atoms with Crippen molar-refractivity contribution in [3.05, 3.63) is 11.3 Å². The third-order valence-electron chi connectivity index (χ3n) is 6.12. The Labute approximate surface area is 278 Å². The summed E-state index contributed by atoms with van der Waals surface area (Å²) in [6, 6.07) is 0. The average Bonchev–Trinajstić information content (AvgIpc) is 2.69. The maximum atomic E-state index is 13.6. The summed E-state index contributed by atoms with van der Waals surface area (Å²) in [5.74, 6) is -0.969. The van der Waals surface area contributed by atoms with E-state index in [0.29, 0.717) is 12.0 Å². The summed E-state index contributed by atoms with van der Waals surface area (Å²) in [4.78, 5) is 13.6. The minimum atomic E-state index is -3.29. The Bertz CT molecular complexity index is 923. The summed E-state index contributed by atoms with van der Waals surface area (Å²) in [5.41, 5.74) is 2.18. The molecule has 0 aromatic rings. The van der Waals surface area contributed by atoms with Gasteiger partial charge in [0.25, 0.3) is 20.0 Å². The van der Waals surface area contributed by atoms with Gasteiger partial charge in [-0.05, 0) is 123 Å². The predicted molar refractivity (Wildman–Crippen MR) is 207 cm³/mol. The lowest BCUT2D eigenvalue weighted by Gasteiger charge is -2.49. The molecule has 3 atom stereocenters. The van der Waals surface area contributed by atoms with Crippen LogP contribution in [0.1, 0.15) is 19.8 Å². The van der Waals surface area contributed by atoms with Crippen LogP contribution in [0.15, 0.2) is 11.3 Å². The molecule has 256 valence electrons. The normalized spacial score (nSPS) is 19.4. The van der Waals surface area contributed by atoms with Crippen LogP contribution in [0.4, 0.5) is 0 Å². The van der Waals surface area contributed by atoms with Crippen molar-refractivity contribution < 1.29 is 38.7 Å². The van der Waals surface area contributed by atoms with Gasteiger partial charge in [0.1, 0.15) is 0 Å². The van der Waals surface area contributed by atoms with Crippen LogP contribution in [0.25, 0.3) is 0 Å². The van der Waals surface area contributed by atoms with Gasteiger partial charge in [-0.1, -0.05) is 13.3 Å². The quantitative estimate of drug-likeness (QED) is 0.119. The van der Waals surface area contributed by atoms with Crippen LogP contribution >= 0.6 is 0 Å². The summed E-state index contributed by atoms with van der Waals surface area (Å²) in [7, 11) is -20.8. The maximum absolute atomic E-state index is 13.6. The molecule has 0 aromatic carbocycles. The second kappa shape index (κ2) is 16.5. The van der Waals surface area contributed by atoms with Crippen LogP contribution in [-0.4, -0.2) is 99.6 Å². The van der Waals surface area contributed by atoms with E-state index in [0.717, 1.165) is 6.42 Å². The van der Waals surface area contributed by atoms with E-state index in [2.05, 4.69) is 112 Å². The first kappa shape index (κ1) is 44.1. The Balaban J connectivity index is 7.65. The molecule has 0 aliphatic carbocycles. The van der Waals surface area contributed by atoms with Crippen LogP contribution in [-0.2, 0) is 33.6 Å². The topological polar surface area (TPSA) is 102 Å². The number of rotatable bonds is 21. The third kappa shape index (κ3) is 17.7. The highest BCUT2D eigenvalue weighted by molar-refractivity contribution is 6.92. The second-order valence-electron chi connectivity index (χ2n) is 16.5. The Morgan fingerprint density at radius 3 is 1.40 bits per heavy atom. The van der Waals surface area contributed by atoms with Gasteiger partial charge in [-0.15, -0.1) is 0 Å². The molecule has 0 saturated heterocycles. The van der Waals surface area contributed by atoms with Gasteiger partial charge in [0, 0.05) is 5.57 Å². The van der Waals surface area contributed by atoms with Gasteiger partial charge < -0.3 is 33.9 Å². The van der Waals surface area contributed by atoms with Gasteiger partial charge in [-0.25, -0.2) is 4.79 Å². The lowest BCUT2D eigenvalue weighted by atomic mass is 10.1. The van der Waals surface area contributed by atoms with Gasteiger partial charge in [0.15, 0.2) is 51.4 Å². The lowest BCUT2D eigenvalue weighted by molar-refractivity contribution is -0.133. The number of hydrogen-bond donors (Lipinski definition) is 1. The van der Waals surface area contributed by atoms with Gasteiger partial charge in [-0.3, -0.25) is 0 Å². The Kier molecular flexibility index (Phi) is 16.9. The van der Waals surface area contributed by atoms with E-state index in [1.807, 2.05) is 12.2 Å². The zero-order valence-electron chi connectivity index (χ0n) is 30.8. The highest BCUT2D eigenvalue weighted by atomic mass is 28.5. The van der Waals surface area contributed by atoms with Crippen molar-refractivity contribution in [1.29, 1.82) is 0 Å². The van der Waals surface area contributed by atoms with Crippen molar-refractivity contribution >= 4 is 94.5 Å². The van der Waals surface area contributed by atoms with Crippen LogP contribution in [0.2, 0.25) is 116 Å². The first-order valence-electron chi connectivity index (χ1n) is 15.4. The molecule has 0 aromatic heterocycles. The molecule has 0 fully saturated rings. The van der Waals surface area contributed by atoms with Gasteiger partial charge >= 0.3 is 23.1 Å². The molecule has 0 radical (unpaired) electrons. The van der Waals surface area contributed by atoms with Gasteiger partial charge in [-0.2, -0.15) is 0 Å². The van der Waals surface area contributed by atoms with E-state index in [9.17, 15) is 9.90 Å². The van der Waals surface area contributed by atoms with E-state index in [4.69, 9.17) is 28.8 Å². The van der Waals surface area contributed by atoms with Crippen LogP contribution in [0.3, 0.4) is 0 Å². The number of carbonyl (C=O) groups is 1. The van der Waals surface area contributed by atoms with E-state index in [1.54, 1.807) is 0 Å². The minimum Gasteiger partial charge on any atom is -0.478 e. The molecular weight excluding hydrogens is 713 g/mol. The van der Waals surface area contributed by atoms with Crippen molar-refractivity contribution in [1.82, 2.24) is 0 Å². The zero-order valence-corrected chi connectivity index (χ0v) is 42.1. The Hall–Kier alpha value is 1.10. The SMILES string of the molecule is CCCC([SiH2]O[Si](C)(C)C)(C(=C[Si](C)(O[SiH2]O[Si](C)(C)C)O[Si](C)(C)C)C(=O)O)[Si](C)(O[SiH2]O[Si](C)(C)C)O[Si](C)(C)C. The van der Waals surface area contributed by atoms with Crippen LogP contribution < -0.4 is 0 Å². The number of hydrogen-bond acceptors (Lipinski definition) is 8. The number of carboxylic acids is 1. The van der Waals surface area contributed by atoms with E-state index < -0.39 is 99.1 Å². The summed E-state index contributed by atoms with van der Waals surface area (Å²) < 4.78 is 45.9. The molecule has 19 heteroatoms. The van der Waals surface area contributed by atoms with Crippen LogP contribution in [0.5, 0.6) is 0 Å². The van der Waals surface area contributed by atoms with E-state index in [1.165, 1.54) is 0 Å². The molecule has 0 bridgehead atoms. The second-order valence-corrected chi connectivity index (χ2v) is 52.9. The van der Waals surface area contributed by atoms with Crippen molar-refractivity contribution in [3.63, 3.8) is 0 Å². The fourth-order valence-electron chi connectivity index (χ4n) is 4.52. The average molecular weight is 780 g/mol. The fraction of sp³-hybridized carbons (Fsp3) is 0.875. The first-order chi connectivity index (χ1) is 18.9. The summed E-state index contributed by atoms with van der Waals surface area (Å²) in [6.07, 6.45) is 1.38. The number of aliphatic carboxylic acids is 1. The molecule has 0 aliphatic heterocycles. The Morgan fingerprint density at radius 1 is 0.628 bits per heavy atom. The molecule has 0 saturated carbocycles. The molecule has 0 spiro atoms. The highest BCUT2D eigenvalue weighted by Crippen LogP contribution is 2.51. The molecule has 0 aliphatic rings. The number of carboxylic acid groups (broad SMARTS) is 1. The minimum absolute atomic E-state index is 0.308. The van der Waals surface area contributed by atoms with E-state index in [-0.39, 0.29) is 0 Å².